The predicted octanol–water partition coefficient (Wildman–Crippen LogP) is 3.96. The molecule has 0 unspecified atom stereocenters. The van der Waals surface area contributed by atoms with E-state index in [1.54, 1.807) is 0 Å². The van der Waals surface area contributed by atoms with Crippen molar-refractivity contribution in [3.05, 3.63) is 27.1 Å². The lowest BCUT2D eigenvalue weighted by molar-refractivity contribution is 0.00201. The molecule has 2 rings (SSSR count). The van der Waals surface area contributed by atoms with Crippen LogP contribution in [0.5, 0.6) is 5.75 Å². The third-order valence-corrected chi connectivity index (χ3v) is 6.01. The van der Waals surface area contributed by atoms with Crippen LogP contribution in [0.15, 0.2) is 27.1 Å². The minimum Gasteiger partial charge on any atom is -0.491 e. The molecule has 1 fully saturated rings. The zero-order valence-corrected chi connectivity index (χ0v) is 15.9. The van der Waals surface area contributed by atoms with Gasteiger partial charge in [-0.05, 0) is 56.8 Å². The largest absolute Gasteiger partial charge is 0.491 e. The summed E-state index contributed by atoms with van der Waals surface area (Å²) in [6.45, 7) is 1.32. The number of hydrogen-bond acceptors (Lipinski definition) is 4. The lowest BCUT2D eigenvalue weighted by Gasteiger charge is -2.35. The van der Waals surface area contributed by atoms with Gasteiger partial charge in [0.1, 0.15) is 5.75 Å². The summed E-state index contributed by atoms with van der Waals surface area (Å²) in [5.41, 5.74) is -0.506. The molecule has 0 saturated carbocycles. The first-order valence-corrected chi connectivity index (χ1v) is 10.4. The highest BCUT2D eigenvalue weighted by atomic mass is 79.9. The molecule has 1 aliphatic rings. The van der Waals surface area contributed by atoms with Gasteiger partial charge in [0.2, 0.25) is 9.05 Å². The van der Waals surface area contributed by atoms with Gasteiger partial charge < -0.3 is 9.47 Å². The monoisotopic (exact) mass is 460 g/mol. The molecular weight excluding hydrogens is 447 g/mol. The molecule has 118 valence electrons. The van der Waals surface area contributed by atoms with Gasteiger partial charge in [-0.2, -0.15) is 0 Å². The summed E-state index contributed by atoms with van der Waals surface area (Å²) in [5, 5.41) is 0. The molecule has 0 atom stereocenters. The summed E-state index contributed by atoms with van der Waals surface area (Å²) in [5.74, 6) is 0.558. The number of rotatable bonds is 5. The van der Waals surface area contributed by atoms with Crippen molar-refractivity contribution >= 4 is 51.6 Å². The lowest BCUT2D eigenvalue weighted by atomic mass is 9.83. The fourth-order valence-corrected chi connectivity index (χ4v) is 5.37. The average Bonchev–Trinajstić information content (AvgIpc) is 2.37. The van der Waals surface area contributed by atoms with Crippen LogP contribution in [0.4, 0.5) is 0 Å². The Morgan fingerprint density at radius 2 is 1.81 bits per heavy atom. The smallest absolute Gasteiger partial charge is 0.233 e. The summed E-state index contributed by atoms with van der Waals surface area (Å²) >= 11 is 6.85. The first kappa shape index (κ1) is 17.5. The Labute approximate surface area is 145 Å². The average molecular weight is 463 g/mol. The Bertz CT molecular complexity index is 580. The van der Waals surface area contributed by atoms with E-state index in [0.29, 0.717) is 31.8 Å². The van der Waals surface area contributed by atoms with Crippen LogP contribution in [0.25, 0.3) is 0 Å². The van der Waals surface area contributed by atoms with Crippen molar-refractivity contribution in [2.75, 3.05) is 25.6 Å². The first-order valence-electron chi connectivity index (χ1n) is 6.38. The third-order valence-electron chi connectivity index (χ3n) is 3.47. The molecular formula is C13H15Br2ClO4S. The minimum atomic E-state index is -3.59. The molecule has 1 saturated heterocycles. The third kappa shape index (κ3) is 5.10. The van der Waals surface area contributed by atoms with Crippen molar-refractivity contribution in [1.29, 1.82) is 0 Å². The molecule has 8 heteroatoms. The van der Waals surface area contributed by atoms with E-state index in [0.717, 1.165) is 8.95 Å². The van der Waals surface area contributed by atoms with E-state index in [-0.39, 0.29) is 12.4 Å². The molecule has 1 aromatic carbocycles. The number of benzene rings is 1. The molecule has 21 heavy (non-hydrogen) atoms. The maximum absolute atomic E-state index is 11.5. The van der Waals surface area contributed by atoms with Crippen molar-refractivity contribution in [1.82, 2.24) is 0 Å². The number of hydrogen-bond donors (Lipinski definition) is 0. The molecule has 0 aromatic heterocycles. The zero-order valence-electron chi connectivity index (χ0n) is 11.1. The summed E-state index contributed by atoms with van der Waals surface area (Å²) in [7, 11) is 1.86. The van der Waals surface area contributed by atoms with Crippen molar-refractivity contribution < 1.29 is 17.9 Å². The van der Waals surface area contributed by atoms with Crippen molar-refractivity contribution in [3.8, 4) is 5.75 Å². The second-order valence-corrected chi connectivity index (χ2v) is 9.62. The molecule has 4 nitrogen and oxygen atoms in total. The molecule has 1 heterocycles. The van der Waals surface area contributed by atoms with Crippen LogP contribution in [0.3, 0.4) is 0 Å². The Morgan fingerprint density at radius 1 is 1.24 bits per heavy atom. The van der Waals surface area contributed by atoms with Crippen LogP contribution in [0, 0.1) is 5.41 Å². The van der Waals surface area contributed by atoms with Crippen molar-refractivity contribution in [3.63, 3.8) is 0 Å². The lowest BCUT2D eigenvalue weighted by Crippen LogP contribution is -2.40. The van der Waals surface area contributed by atoms with Crippen LogP contribution in [0.2, 0.25) is 0 Å². The van der Waals surface area contributed by atoms with Gasteiger partial charge in [0.05, 0.1) is 21.3 Å². The van der Waals surface area contributed by atoms with Gasteiger partial charge in [-0.3, -0.25) is 0 Å². The van der Waals surface area contributed by atoms with Crippen LogP contribution >= 0.6 is 42.5 Å². The molecule has 0 aliphatic carbocycles. The fourth-order valence-electron chi connectivity index (χ4n) is 2.35. The van der Waals surface area contributed by atoms with Gasteiger partial charge in [0.25, 0.3) is 0 Å². The van der Waals surface area contributed by atoms with Crippen molar-refractivity contribution in [2.24, 2.45) is 5.41 Å². The van der Waals surface area contributed by atoms with E-state index in [1.807, 2.05) is 18.2 Å². The van der Waals surface area contributed by atoms with Gasteiger partial charge in [-0.15, -0.1) is 0 Å². The first-order chi connectivity index (χ1) is 9.81. The summed E-state index contributed by atoms with van der Waals surface area (Å²) in [4.78, 5) is 0. The van der Waals surface area contributed by atoms with Gasteiger partial charge in [0.15, 0.2) is 0 Å². The SMILES string of the molecule is O=S(=O)(Cl)CC1(COc2c(Br)cccc2Br)CCOCC1. The molecule has 0 bridgehead atoms. The summed E-state index contributed by atoms with van der Waals surface area (Å²) < 4.78 is 35.8. The van der Waals surface area contributed by atoms with E-state index in [1.165, 1.54) is 0 Å². The Morgan fingerprint density at radius 3 is 2.33 bits per heavy atom. The van der Waals surface area contributed by atoms with E-state index in [4.69, 9.17) is 20.2 Å². The topological polar surface area (TPSA) is 52.6 Å². The Balaban J connectivity index is 2.16. The van der Waals surface area contributed by atoms with E-state index in [9.17, 15) is 8.42 Å². The molecule has 0 N–H and O–H groups in total. The second-order valence-electron chi connectivity index (χ2n) is 5.14. The Hall–Kier alpha value is 0.180. The van der Waals surface area contributed by atoms with Crippen molar-refractivity contribution in [2.45, 2.75) is 12.8 Å². The highest BCUT2D eigenvalue weighted by Gasteiger charge is 2.38. The second kappa shape index (κ2) is 7.17. The molecule has 1 aromatic rings. The molecule has 0 amide bonds. The zero-order chi connectivity index (χ0) is 15.5. The molecule has 1 aliphatic heterocycles. The quantitative estimate of drug-likeness (QED) is 0.622. The highest BCUT2D eigenvalue weighted by molar-refractivity contribution is 9.11. The number of halogens is 3. The maximum Gasteiger partial charge on any atom is 0.233 e. The fraction of sp³-hybridized carbons (Fsp3) is 0.538. The highest BCUT2D eigenvalue weighted by Crippen LogP contribution is 2.38. The van der Waals surface area contributed by atoms with Gasteiger partial charge in [-0.25, -0.2) is 8.42 Å². The van der Waals surface area contributed by atoms with Crippen LogP contribution in [0.1, 0.15) is 12.8 Å². The van der Waals surface area contributed by atoms with Gasteiger partial charge >= 0.3 is 0 Å². The maximum atomic E-state index is 11.5. The number of para-hydroxylation sites is 1. The minimum absolute atomic E-state index is 0.104. The predicted molar refractivity (Wildman–Crippen MR) is 89.5 cm³/mol. The number of ether oxygens (including phenoxy) is 2. The molecule has 0 spiro atoms. The van der Waals surface area contributed by atoms with Gasteiger partial charge in [-0.1, -0.05) is 6.07 Å². The summed E-state index contributed by atoms with van der Waals surface area (Å²) in [6.07, 6.45) is 1.22. The summed E-state index contributed by atoms with van der Waals surface area (Å²) in [6, 6.07) is 5.62. The standard InChI is InChI=1S/C13H15Br2ClO4S/c14-10-2-1-3-11(15)12(10)20-8-13(9-21(16,17)18)4-6-19-7-5-13/h1-3H,4-9H2. The van der Waals surface area contributed by atoms with E-state index >= 15 is 0 Å². The van der Waals surface area contributed by atoms with Crippen LogP contribution in [-0.2, 0) is 13.8 Å². The van der Waals surface area contributed by atoms with E-state index in [2.05, 4.69) is 31.9 Å². The van der Waals surface area contributed by atoms with Crippen LogP contribution < -0.4 is 4.74 Å². The Kier molecular flexibility index (Phi) is 5.99. The molecule has 0 radical (unpaired) electrons. The normalized spacial score (nSPS) is 18.4. The van der Waals surface area contributed by atoms with Gasteiger partial charge in [0, 0.05) is 29.3 Å². The van der Waals surface area contributed by atoms with Crippen LogP contribution in [-0.4, -0.2) is 34.0 Å². The van der Waals surface area contributed by atoms with E-state index < -0.39 is 14.5 Å².